The molecule has 0 aliphatic heterocycles. The van der Waals surface area contributed by atoms with Gasteiger partial charge in [0.05, 0.1) is 34.8 Å². The topological polar surface area (TPSA) is 78.9 Å². The molecule has 0 fully saturated rings. The fourth-order valence-electron chi connectivity index (χ4n) is 4.02. The van der Waals surface area contributed by atoms with Crippen LogP contribution in [0.25, 0.3) is 33.5 Å². The van der Waals surface area contributed by atoms with E-state index in [1.54, 1.807) is 24.4 Å². The van der Waals surface area contributed by atoms with Gasteiger partial charge in [0.1, 0.15) is 5.58 Å². The van der Waals surface area contributed by atoms with Gasteiger partial charge in [-0.3, -0.25) is 4.79 Å². The van der Waals surface area contributed by atoms with Gasteiger partial charge < -0.3 is 13.9 Å². The third-order valence-electron chi connectivity index (χ3n) is 5.87. The van der Waals surface area contributed by atoms with Gasteiger partial charge in [-0.15, -0.1) is 0 Å². The quantitative estimate of drug-likeness (QED) is 0.156. The van der Waals surface area contributed by atoms with Crippen LogP contribution in [0, 0.1) is 5.41 Å². The van der Waals surface area contributed by atoms with Gasteiger partial charge in [-0.1, -0.05) is 48.8 Å². The number of aromatic nitrogens is 2. The van der Waals surface area contributed by atoms with E-state index in [0.29, 0.717) is 61.5 Å². The van der Waals surface area contributed by atoms with Gasteiger partial charge in [0.25, 0.3) is 5.56 Å². The first-order valence-corrected chi connectivity index (χ1v) is 15.0. The van der Waals surface area contributed by atoms with Crippen LogP contribution < -0.4 is 15.0 Å². The van der Waals surface area contributed by atoms with Gasteiger partial charge in [0, 0.05) is 19.9 Å². The lowest BCUT2D eigenvalue weighted by atomic mass is 9.99. The SMILES string of the molecule is CCOc1cc(C=Nn2c(-c3cc4cc(Br)ccc4o3)nc3ccccc3c2=O)c(Br)c(Br)c1OCC(C)(C)C. The van der Waals surface area contributed by atoms with Crippen molar-refractivity contribution in [2.24, 2.45) is 10.5 Å². The van der Waals surface area contributed by atoms with E-state index in [9.17, 15) is 4.79 Å². The third-order valence-corrected chi connectivity index (χ3v) is 8.51. The normalized spacial score (nSPS) is 12.1. The van der Waals surface area contributed by atoms with Crippen LogP contribution >= 0.6 is 47.8 Å². The van der Waals surface area contributed by atoms with Crippen molar-refractivity contribution in [3.8, 4) is 23.1 Å². The number of fused-ring (bicyclic) bond motifs is 2. The molecule has 0 saturated carbocycles. The Labute approximate surface area is 256 Å². The molecule has 5 rings (SSSR count). The molecule has 3 aromatic carbocycles. The van der Waals surface area contributed by atoms with E-state index < -0.39 is 0 Å². The van der Waals surface area contributed by atoms with E-state index in [0.717, 1.165) is 9.86 Å². The molecule has 206 valence electrons. The first-order valence-electron chi connectivity index (χ1n) is 12.6. The van der Waals surface area contributed by atoms with Crippen LogP contribution in [0.4, 0.5) is 0 Å². The van der Waals surface area contributed by atoms with Crippen molar-refractivity contribution in [1.82, 2.24) is 9.66 Å². The summed E-state index contributed by atoms with van der Waals surface area (Å²) in [6.45, 7) is 9.18. The maximum atomic E-state index is 13.7. The summed E-state index contributed by atoms with van der Waals surface area (Å²) in [6.07, 6.45) is 1.59. The molecule has 0 aliphatic carbocycles. The molecule has 40 heavy (non-hydrogen) atoms. The van der Waals surface area contributed by atoms with Crippen LogP contribution in [0.3, 0.4) is 0 Å². The highest BCUT2D eigenvalue weighted by atomic mass is 79.9. The standard InChI is InChI=1S/C30H26Br3N3O4/c1-5-38-23-14-18(25(32)26(33)27(23)39-16-30(2,3)4)15-34-36-28(35-21-9-7-6-8-20(21)29(36)37)24-13-17-12-19(31)10-11-22(17)40-24/h6-15H,5,16H2,1-4H3. The Kier molecular flexibility index (Phi) is 8.22. The fourth-order valence-corrected chi connectivity index (χ4v) is 5.33. The van der Waals surface area contributed by atoms with Crippen LogP contribution in [0.2, 0.25) is 0 Å². The van der Waals surface area contributed by atoms with Crippen molar-refractivity contribution < 1.29 is 13.9 Å². The molecule has 5 aromatic rings. The van der Waals surface area contributed by atoms with E-state index in [1.165, 1.54) is 4.68 Å². The molecular formula is C30H26Br3N3O4. The molecule has 0 bridgehead atoms. The summed E-state index contributed by atoms with van der Waals surface area (Å²) >= 11 is 10.8. The summed E-state index contributed by atoms with van der Waals surface area (Å²) in [5, 5.41) is 5.93. The first-order chi connectivity index (χ1) is 19.1. The number of hydrogen-bond acceptors (Lipinski definition) is 6. The van der Waals surface area contributed by atoms with Crippen LogP contribution in [-0.2, 0) is 0 Å². The van der Waals surface area contributed by atoms with E-state index in [2.05, 4.69) is 73.7 Å². The molecule has 2 heterocycles. The summed E-state index contributed by atoms with van der Waals surface area (Å²) < 4.78 is 21.7. The van der Waals surface area contributed by atoms with Crippen LogP contribution in [0.15, 0.2) is 82.3 Å². The highest BCUT2D eigenvalue weighted by Crippen LogP contribution is 2.43. The maximum Gasteiger partial charge on any atom is 0.282 e. The lowest BCUT2D eigenvalue weighted by Gasteiger charge is -2.22. The molecule has 10 heteroatoms. The van der Waals surface area contributed by atoms with E-state index in [1.807, 2.05) is 43.3 Å². The van der Waals surface area contributed by atoms with Gasteiger partial charge in [-0.05, 0) is 86.7 Å². The number of ether oxygens (including phenoxy) is 2. The van der Waals surface area contributed by atoms with Crippen LogP contribution in [0.1, 0.15) is 33.3 Å². The van der Waals surface area contributed by atoms with Gasteiger partial charge in [-0.2, -0.15) is 9.78 Å². The van der Waals surface area contributed by atoms with Crippen molar-refractivity contribution in [3.63, 3.8) is 0 Å². The second-order valence-corrected chi connectivity index (χ2v) is 12.8. The van der Waals surface area contributed by atoms with Gasteiger partial charge in [0.2, 0.25) is 5.82 Å². The highest BCUT2D eigenvalue weighted by Gasteiger charge is 2.21. The summed E-state index contributed by atoms with van der Waals surface area (Å²) in [4.78, 5) is 18.4. The van der Waals surface area contributed by atoms with Crippen molar-refractivity contribution in [2.45, 2.75) is 27.7 Å². The van der Waals surface area contributed by atoms with E-state index in [-0.39, 0.29) is 16.8 Å². The Balaban J connectivity index is 1.65. The first kappa shape index (κ1) is 28.6. The van der Waals surface area contributed by atoms with Gasteiger partial charge in [0.15, 0.2) is 17.3 Å². The number of hydrogen-bond donors (Lipinski definition) is 0. The Bertz CT molecular complexity index is 1820. The largest absolute Gasteiger partial charge is 0.490 e. The van der Waals surface area contributed by atoms with Crippen molar-refractivity contribution >= 4 is 75.9 Å². The van der Waals surface area contributed by atoms with Gasteiger partial charge in [-0.25, -0.2) is 4.98 Å². The minimum Gasteiger partial charge on any atom is -0.490 e. The molecule has 7 nitrogen and oxygen atoms in total. The minimum absolute atomic E-state index is 0.0388. The van der Waals surface area contributed by atoms with Crippen LogP contribution in [0.5, 0.6) is 11.5 Å². The molecule has 2 aromatic heterocycles. The lowest BCUT2D eigenvalue weighted by Crippen LogP contribution is -2.20. The average Bonchev–Trinajstić information content (AvgIpc) is 3.33. The molecule has 0 saturated heterocycles. The molecule has 0 unspecified atom stereocenters. The minimum atomic E-state index is -0.316. The summed E-state index contributed by atoms with van der Waals surface area (Å²) in [7, 11) is 0. The summed E-state index contributed by atoms with van der Waals surface area (Å²) in [5.74, 6) is 1.88. The molecule has 0 aliphatic rings. The average molecular weight is 732 g/mol. The molecule has 0 N–H and O–H groups in total. The molecule has 0 spiro atoms. The second-order valence-electron chi connectivity index (χ2n) is 10.3. The number of para-hydroxylation sites is 1. The fraction of sp³-hybridized carbons (Fsp3) is 0.233. The molecule has 0 amide bonds. The van der Waals surface area contributed by atoms with Crippen LogP contribution in [-0.4, -0.2) is 29.1 Å². The number of rotatable bonds is 7. The zero-order valence-electron chi connectivity index (χ0n) is 22.3. The molecule has 0 atom stereocenters. The Morgan fingerprint density at radius 1 is 1.02 bits per heavy atom. The van der Waals surface area contributed by atoms with E-state index in [4.69, 9.17) is 18.9 Å². The van der Waals surface area contributed by atoms with Crippen molar-refractivity contribution in [1.29, 1.82) is 0 Å². The monoisotopic (exact) mass is 729 g/mol. The van der Waals surface area contributed by atoms with Gasteiger partial charge >= 0.3 is 0 Å². The zero-order chi connectivity index (χ0) is 28.6. The predicted molar refractivity (Wildman–Crippen MR) is 170 cm³/mol. The predicted octanol–water partition coefficient (Wildman–Crippen LogP) is 8.80. The molecule has 0 radical (unpaired) electrons. The number of halogens is 3. The number of furan rings is 1. The summed E-state index contributed by atoms with van der Waals surface area (Å²) in [5.41, 5.74) is 1.55. The highest BCUT2D eigenvalue weighted by molar-refractivity contribution is 9.13. The summed E-state index contributed by atoms with van der Waals surface area (Å²) in [6, 6.07) is 16.6. The zero-order valence-corrected chi connectivity index (χ0v) is 27.1. The third kappa shape index (κ3) is 5.89. The maximum absolute atomic E-state index is 13.7. The molecular weight excluding hydrogens is 706 g/mol. The number of benzene rings is 3. The lowest BCUT2D eigenvalue weighted by molar-refractivity contribution is 0.187. The van der Waals surface area contributed by atoms with E-state index >= 15 is 0 Å². The number of nitrogens with zero attached hydrogens (tertiary/aromatic N) is 3. The van der Waals surface area contributed by atoms with Crippen molar-refractivity contribution in [3.05, 3.63) is 83.9 Å². The smallest absolute Gasteiger partial charge is 0.282 e. The Hall–Kier alpha value is -2.95. The second kappa shape index (κ2) is 11.5. The Morgan fingerprint density at radius 3 is 2.55 bits per heavy atom. The Morgan fingerprint density at radius 2 is 1.80 bits per heavy atom. The van der Waals surface area contributed by atoms with Crippen molar-refractivity contribution in [2.75, 3.05) is 13.2 Å².